The molecule has 5 nitrogen and oxygen atoms in total. The van der Waals surface area contributed by atoms with Gasteiger partial charge in [-0.1, -0.05) is 12.1 Å². The Morgan fingerprint density at radius 2 is 1.76 bits per heavy atom. The molecule has 0 unspecified atom stereocenters. The van der Waals surface area contributed by atoms with Crippen molar-refractivity contribution in [2.75, 3.05) is 19.6 Å². The summed E-state index contributed by atoms with van der Waals surface area (Å²) >= 11 is 0. The number of carbonyl (C=O) groups excluding carboxylic acids is 2. The largest absolute Gasteiger partial charge is 0.352 e. The molecule has 1 saturated heterocycles. The van der Waals surface area contributed by atoms with E-state index < -0.39 is 0 Å². The lowest BCUT2D eigenvalue weighted by atomic mass is 10.1. The monoisotopic (exact) mass is 289 g/mol. The van der Waals surface area contributed by atoms with Gasteiger partial charge in [0.05, 0.1) is 0 Å². The summed E-state index contributed by atoms with van der Waals surface area (Å²) in [5.74, 6) is 0.0550. The fourth-order valence-corrected chi connectivity index (χ4v) is 2.46. The highest BCUT2D eigenvalue weighted by Crippen LogP contribution is 2.13. The molecule has 2 amide bonds. The Balaban J connectivity index is 1.89. The highest BCUT2D eigenvalue weighted by atomic mass is 16.2. The van der Waals surface area contributed by atoms with Crippen molar-refractivity contribution in [3.63, 3.8) is 0 Å². The van der Waals surface area contributed by atoms with Gasteiger partial charge in [-0.2, -0.15) is 0 Å². The van der Waals surface area contributed by atoms with E-state index in [0.29, 0.717) is 25.1 Å². The number of carbonyl (C=O) groups is 2. The summed E-state index contributed by atoms with van der Waals surface area (Å²) in [7, 11) is 0. The number of hydrogen-bond acceptors (Lipinski definition) is 3. The average Bonchev–Trinajstić information content (AvgIpc) is 2.54. The van der Waals surface area contributed by atoms with Gasteiger partial charge in [-0.25, -0.2) is 0 Å². The van der Waals surface area contributed by atoms with Crippen molar-refractivity contribution in [3.05, 3.63) is 35.4 Å². The predicted octanol–water partition coefficient (Wildman–Crippen LogP) is 1.28. The van der Waals surface area contributed by atoms with Crippen LogP contribution >= 0.6 is 0 Å². The van der Waals surface area contributed by atoms with E-state index in [1.807, 2.05) is 29.2 Å². The van der Waals surface area contributed by atoms with Crippen molar-refractivity contribution in [2.24, 2.45) is 5.73 Å². The molecule has 114 valence electrons. The van der Waals surface area contributed by atoms with Gasteiger partial charge in [0.2, 0.25) is 5.91 Å². The predicted molar refractivity (Wildman–Crippen MR) is 81.7 cm³/mol. The second-order valence-electron chi connectivity index (χ2n) is 5.37. The molecule has 3 N–H and O–H groups in total. The van der Waals surface area contributed by atoms with Gasteiger partial charge in [0.25, 0.3) is 5.91 Å². The first-order chi connectivity index (χ1) is 10.2. The molecular weight excluding hydrogens is 266 g/mol. The summed E-state index contributed by atoms with van der Waals surface area (Å²) in [4.78, 5) is 25.6. The Hall–Kier alpha value is -1.88. The van der Waals surface area contributed by atoms with Gasteiger partial charge in [0, 0.05) is 38.2 Å². The molecule has 2 rings (SSSR count). The van der Waals surface area contributed by atoms with Crippen molar-refractivity contribution in [1.82, 2.24) is 10.2 Å². The van der Waals surface area contributed by atoms with Crippen molar-refractivity contribution >= 4 is 11.8 Å². The zero-order valence-corrected chi connectivity index (χ0v) is 12.3. The topological polar surface area (TPSA) is 75.4 Å². The highest BCUT2D eigenvalue weighted by Gasteiger charge is 2.17. The molecule has 0 bridgehead atoms. The summed E-state index contributed by atoms with van der Waals surface area (Å²) in [5, 5.41) is 2.80. The third-order valence-electron chi connectivity index (χ3n) is 3.71. The van der Waals surface area contributed by atoms with Crippen LogP contribution in [0.15, 0.2) is 24.3 Å². The Labute approximate surface area is 125 Å². The third-order valence-corrected chi connectivity index (χ3v) is 3.71. The lowest BCUT2D eigenvalue weighted by Gasteiger charge is -2.26. The lowest BCUT2D eigenvalue weighted by molar-refractivity contribution is -0.121. The minimum Gasteiger partial charge on any atom is -0.352 e. The van der Waals surface area contributed by atoms with Crippen LogP contribution < -0.4 is 11.1 Å². The molecule has 0 aliphatic carbocycles. The summed E-state index contributed by atoms with van der Waals surface area (Å²) in [6.07, 6.45) is 3.74. The second-order valence-corrected chi connectivity index (χ2v) is 5.37. The van der Waals surface area contributed by atoms with Crippen LogP contribution in [-0.4, -0.2) is 36.3 Å². The van der Waals surface area contributed by atoms with Crippen molar-refractivity contribution in [1.29, 1.82) is 0 Å². The number of nitrogens with two attached hydrogens (primary N) is 1. The standard InChI is InChI=1S/C16H23N3O2/c17-9-8-15(20)18-12-13-4-6-14(7-5-13)16(21)19-10-2-1-3-11-19/h4-7H,1-3,8-12,17H2,(H,18,20). The molecule has 1 aromatic carbocycles. The molecular formula is C16H23N3O2. The molecule has 1 heterocycles. The van der Waals surface area contributed by atoms with Crippen molar-refractivity contribution < 1.29 is 9.59 Å². The van der Waals surface area contributed by atoms with E-state index >= 15 is 0 Å². The molecule has 0 aromatic heterocycles. The number of nitrogens with one attached hydrogen (secondary N) is 1. The maximum atomic E-state index is 12.3. The Kier molecular flexibility index (Phi) is 5.75. The van der Waals surface area contributed by atoms with Crippen molar-refractivity contribution in [3.8, 4) is 0 Å². The van der Waals surface area contributed by atoms with Gasteiger partial charge in [-0.15, -0.1) is 0 Å². The molecule has 0 saturated carbocycles. The van der Waals surface area contributed by atoms with Gasteiger partial charge in [-0.3, -0.25) is 9.59 Å². The molecule has 0 radical (unpaired) electrons. The molecule has 1 aromatic rings. The fourth-order valence-electron chi connectivity index (χ4n) is 2.46. The SMILES string of the molecule is NCCC(=O)NCc1ccc(C(=O)N2CCCCC2)cc1. The number of benzene rings is 1. The Bertz CT molecular complexity index is 479. The molecule has 21 heavy (non-hydrogen) atoms. The number of hydrogen-bond donors (Lipinski definition) is 2. The summed E-state index contributed by atoms with van der Waals surface area (Å²) in [6, 6.07) is 7.45. The number of amides is 2. The third kappa shape index (κ3) is 4.56. The highest BCUT2D eigenvalue weighted by molar-refractivity contribution is 5.94. The lowest BCUT2D eigenvalue weighted by Crippen LogP contribution is -2.35. The van der Waals surface area contributed by atoms with Gasteiger partial charge in [-0.05, 0) is 37.0 Å². The molecule has 1 aliphatic heterocycles. The normalized spacial score (nSPS) is 14.8. The van der Waals surface area contributed by atoms with E-state index in [-0.39, 0.29) is 11.8 Å². The molecule has 1 aliphatic rings. The first-order valence-electron chi connectivity index (χ1n) is 7.55. The van der Waals surface area contributed by atoms with E-state index in [9.17, 15) is 9.59 Å². The molecule has 0 spiro atoms. The van der Waals surface area contributed by atoms with E-state index in [2.05, 4.69) is 5.32 Å². The van der Waals surface area contributed by atoms with Gasteiger partial charge < -0.3 is 16.0 Å². The van der Waals surface area contributed by atoms with E-state index in [1.165, 1.54) is 6.42 Å². The number of rotatable bonds is 5. The van der Waals surface area contributed by atoms with Crippen LogP contribution in [0.2, 0.25) is 0 Å². The van der Waals surface area contributed by atoms with Gasteiger partial charge >= 0.3 is 0 Å². The Morgan fingerprint density at radius 1 is 1.10 bits per heavy atom. The molecule has 1 fully saturated rings. The maximum Gasteiger partial charge on any atom is 0.253 e. The minimum absolute atomic E-state index is 0.0500. The first kappa shape index (κ1) is 15.5. The molecule has 0 atom stereocenters. The van der Waals surface area contributed by atoms with Gasteiger partial charge in [0.1, 0.15) is 0 Å². The summed E-state index contributed by atoms with van der Waals surface area (Å²) < 4.78 is 0. The maximum absolute atomic E-state index is 12.3. The van der Waals surface area contributed by atoms with Crippen LogP contribution in [0.1, 0.15) is 41.6 Å². The first-order valence-corrected chi connectivity index (χ1v) is 7.55. The van der Waals surface area contributed by atoms with Crippen LogP contribution in [-0.2, 0) is 11.3 Å². The second kappa shape index (κ2) is 7.78. The van der Waals surface area contributed by atoms with Crippen LogP contribution in [0.3, 0.4) is 0 Å². The zero-order valence-electron chi connectivity index (χ0n) is 12.3. The van der Waals surface area contributed by atoms with Crippen molar-refractivity contribution in [2.45, 2.75) is 32.2 Å². The molecule has 5 heteroatoms. The number of piperidine rings is 1. The van der Waals surface area contributed by atoms with E-state index in [0.717, 1.165) is 31.5 Å². The zero-order chi connectivity index (χ0) is 15.1. The van der Waals surface area contributed by atoms with Gasteiger partial charge in [0.15, 0.2) is 0 Å². The van der Waals surface area contributed by atoms with E-state index in [1.54, 1.807) is 0 Å². The Morgan fingerprint density at radius 3 is 2.38 bits per heavy atom. The average molecular weight is 289 g/mol. The minimum atomic E-state index is -0.0500. The summed E-state index contributed by atoms with van der Waals surface area (Å²) in [6.45, 7) is 2.54. The quantitative estimate of drug-likeness (QED) is 0.857. The summed E-state index contributed by atoms with van der Waals surface area (Å²) in [5.41, 5.74) is 7.02. The van der Waals surface area contributed by atoms with Crippen LogP contribution in [0.5, 0.6) is 0 Å². The number of likely N-dealkylation sites (tertiary alicyclic amines) is 1. The fraction of sp³-hybridized carbons (Fsp3) is 0.500. The van der Waals surface area contributed by atoms with E-state index in [4.69, 9.17) is 5.73 Å². The number of nitrogens with zero attached hydrogens (tertiary/aromatic N) is 1. The van der Waals surface area contributed by atoms with Crippen LogP contribution in [0.25, 0.3) is 0 Å². The smallest absolute Gasteiger partial charge is 0.253 e. The van der Waals surface area contributed by atoms with Crippen LogP contribution in [0.4, 0.5) is 0 Å². The van der Waals surface area contributed by atoms with Crippen LogP contribution in [0, 0.1) is 0 Å².